The van der Waals surface area contributed by atoms with Crippen LogP contribution in [-0.2, 0) is 5.41 Å². The highest BCUT2D eigenvalue weighted by Gasteiger charge is 2.36. The average Bonchev–Trinajstić information content (AvgIpc) is 3.95. The SMILES string of the molecule is CC1(C)c2cc(-c3nc4ccccc4nc3-c3ccccc3)ccc2-c2ccc(-n3c4cc5c(cc4c4c6ccccc6ccc43)c3c4ccccc4ccc3n5-c3ccccc3)cc21. The summed E-state index contributed by atoms with van der Waals surface area (Å²) in [6, 6.07) is 75.3. The number of para-hydroxylation sites is 3. The third kappa shape index (κ3) is 5.14. The molecule has 0 radical (unpaired) electrons. The minimum absolute atomic E-state index is 0.284. The van der Waals surface area contributed by atoms with Gasteiger partial charge in [0.2, 0.25) is 0 Å². The molecule has 0 N–H and O–H groups in total. The molecule has 0 spiro atoms. The first-order valence-electron chi connectivity index (χ1n) is 22.5. The predicted octanol–water partition coefficient (Wildman–Crippen LogP) is 15.8. The summed E-state index contributed by atoms with van der Waals surface area (Å²) in [5.41, 5.74) is 17.7. The summed E-state index contributed by atoms with van der Waals surface area (Å²) in [4.78, 5) is 10.5. The zero-order valence-electron chi connectivity index (χ0n) is 35.9. The molecule has 0 bridgehead atoms. The Morgan fingerprint density at radius 1 is 0.354 bits per heavy atom. The molecular weight excluding hydrogens is 789 g/mol. The lowest BCUT2D eigenvalue weighted by atomic mass is 9.81. The van der Waals surface area contributed by atoms with Crippen LogP contribution in [0.4, 0.5) is 0 Å². The van der Waals surface area contributed by atoms with Crippen LogP contribution in [-0.4, -0.2) is 19.1 Å². The summed E-state index contributed by atoms with van der Waals surface area (Å²) in [7, 11) is 0. The van der Waals surface area contributed by atoms with E-state index in [-0.39, 0.29) is 5.41 Å². The monoisotopic (exact) mass is 828 g/mol. The van der Waals surface area contributed by atoms with E-state index in [4.69, 9.17) is 9.97 Å². The van der Waals surface area contributed by atoms with E-state index in [1.165, 1.54) is 87.4 Å². The van der Waals surface area contributed by atoms with Gasteiger partial charge in [0.05, 0.1) is 44.5 Å². The molecule has 0 aliphatic heterocycles. The highest BCUT2D eigenvalue weighted by molar-refractivity contribution is 6.28. The quantitative estimate of drug-likeness (QED) is 0.177. The van der Waals surface area contributed by atoms with Crippen molar-refractivity contribution in [2.24, 2.45) is 0 Å². The van der Waals surface area contributed by atoms with Gasteiger partial charge in [0.25, 0.3) is 0 Å². The molecule has 1 aliphatic rings. The van der Waals surface area contributed by atoms with Crippen LogP contribution in [0.3, 0.4) is 0 Å². The Labute approximate surface area is 375 Å². The zero-order valence-corrected chi connectivity index (χ0v) is 35.9. The third-order valence-electron chi connectivity index (χ3n) is 14.3. The maximum absolute atomic E-state index is 5.28. The minimum Gasteiger partial charge on any atom is -0.309 e. The fourth-order valence-electron chi connectivity index (χ4n) is 11.2. The van der Waals surface area contributed by atoms with Crippen molar-refractivity contribution >= 4 is 76.2 Å². The van der Waals surface area contributed by atoms with Crippen LogP contribution in [0.1, 0.15) is 25.0 Å². The molecule has 4 nitrogen and oxygen atoms in total. The molecule has 1 aliphatic carbocycles. The molecule has 3 heterocycles. The second kappa shape index (κ2) is 13.3. The fraction of sp³-hybridized carbons (Fsp3) is 0.0492. The molecule has 0 fully saturated rings. The van der Waals surface area contributed by atoms with Gasteiger partial charge in [-0.25, -0.2) is 9.97 Å². The van der Waals surface area contributed by atoms with Crippen LogP contribution < -0.4 is 0 Å². The van der Waals surface area contributed by atoms with E-state index in [0.717, 1.165) is 44.9 Å². The predicted molar refractivity (Wildman–Crippen MR) is 272 cm³/mol. The topological polar surface area (TPSA) is 35.6 Å². The van der Waals surface area contributed by atoms with E-state index in [0.29, 0.717) is 0 Å². The Bertz CT molecular complexity index is 4140. The van der Waals surface area contributed by atoms with E-state index >= 15 is 0 Å². The van der Waals surface area contributed by atoms with E-state index in [1.807, 2.05) is 18.2 Å². The van der Waals surface area contributed by atoms with Crippen molar-refractivity contribution < 1.29 is 0 Å². The van der Waals surface area contributed by atoms with Crippen LogP contribution in [0, 0.1) is 0 Å². The molecule has 0 saturated carbocycles. The molecular formula is C61H40N4. The van der Waals surface area contributed by atoms with Crippen molar-refractivity contribution in [2.75, 3.05) is 0 Å². The first-order valence-corrected chi connectivity index (χ1v) is 22.5. The number of nitrogens with zero attached hydrogens (tertiary/aromatic N) is 4. The molecule has 65 heavy (non-hydrogen) atoms. The van der Waals surface area contributed by atoms with Crippen LogP contribution in [0.15, 0.2) is 206 Å². The number of rotatable bonds is 4. The van der Waals surface area contributed by atoms with Gasteiger partial charge >= 0.3 is 0 Å². The summed E-state index contributed by atoms with van der Waals surface area (Å²) < 4.78 is 4.98. The third-order valence-corrected chi connectivity index (χ3v) is 14.3. The molecule has 4 heteroatoms. The van der Waals surface area contributed by atoms with Crippen molar-refractivity contribution in [3.8, 4) is 45.0 Å². The van der Waals surface area contributed by atoms with Gasteiger partial charge in [0.1, 0.15) is 0 Å². The highest BCUT2D eigenvalue weighted by atomic mass is 15.0. The Balaban J connectivity index is 1.01. The van der Waals surface area contributed by atoms with Crippen LogP contribution >= 0.6 is 0 Å². The Kier molecular flexibility index (Phi) is 7.42. The maximum Gasteiger partial charge on any atom is 0.0973 e. The summed E-state index contributed by atoms with van der Waals surface area (Å²) in [5, 5.41) is 10.1. The molecule has 14 rings (SSSR count). The first-order chi connectivity index (χ1) is 32.0. The number of hydrogen-bond acceptors (Lipinski definition) is 2. The van der Waals surface area contributed by atoms with E-state index in [2.05, 4.69) is 211 Å². The summed E-state index contributed by atoms with van der Waals surface area (Å²) in [5.74, 6) is 0. The summed E-state index contributed by atoms with van der Waals surface area (Å²) >= 11 is 0. The van der Waals surface area contributed by atoms with Crippen molar-refractivity contribution in [3.63, 3.8) is 0 Å². The number of fused-ring (bicyclic) bond motifs is 14. The average molecular weight is 829 g/mol. The maximum atomic E-state index is 5.28. The standard InChI is InChI=1S/C61H40N4/c1-61(2)49-33-40(60-59(39-17-5-3-6-18-39)62-51-23-13-14-24-52(51)63-60)25-29-45(49)46-30-28-42(34-50(46)61)65-54-32-27-38-16-10-12-22-44(38)58(54)48-35-47-55(36-56(48)65)64(41-19-7-4-8-20-41)53-31-26-37-15-9-11-21-43(37)57(47)53/h3-36H,1-2H3. The van der Waals surface area contributed by atoms with E-state index in [9.17, 15) is 0 Å². The normalized spacial score (nSPS) is 13.2. The lowest BCUT2D eigenvalue weighted by Gasteiger charge is -2.23. The second-order valence-electron chi connectivity index (χ2n) is 18.1. The summed E-state index contributed by atoms with van der Waals surface area (Å²) in [6.07, 6.45) is 0. The first kappa shape index (κ1) is 36.2. The smallest absolute Gasteiger partial charge is 0.0973 e. The van der Waals surface area contributed by atoms with Gasteiger partial charge in [-0.15, -0.1) is 0 Å². The molecule has 0 unspecified atom stereocenters. The lowest BCUT2D eigenvalue weighted by Crippen LogP contribution is -2.15. The zero-order chi connectivity index (χ0) is 43.0. The Morgan fingerprint density at radius 2 is 0.862 bits per heavy atom. The number of aromatic nitrogens is 4. The van der Waals surface area contributed by atoms with Crippen molar-refractivity contribution in [3.05, 3.63) is 217 Å². The molecule has 10 aromatic carbocycles. The Hall–Kier alpha value is -8.34. The molecule has 304 valence electrons. The molecule has 3 aromatic heterocycles. The van der Waals surface area contributed by atoms with E-state index < -0.39 is 0 Å². The fourth-order valence-corrected chi connectivity index (χ4v) is 11.2. The van der Waals surface area contributed by atoms with Crippen LogP contribution in [0.5, 0.6) is 0 Å². The van der Waals surface area contributed by atoms with Gasteiger partial charge in [-0.1, -0.05) is 153 Å². The van der Waals surface area contributed by atoms with Gasteiger partial charge in [-0.3, -0.25) is 0 Å². The molecule has 0 saturated heterocycles. The van der Waals surface area contributed by atoms with Gasteiger partial charge in [0.15, 0.2) is 0 Å². The van der Waals surface area contributed by atoms with Gasteiger partial charge < -0.3 is 9.13 Å². The van der Waals surface area contributed by atoms with Crippen LogP contribution in [0.2, 0.25) is 0 Å². The second-order valence-corrected chi connectivity index (χ2v) is 18.1. The van der Waals surface area contributed by atoms with Gasteiger partial charge in [-0.2, -0.15) is 0 Å². The van der Waals surface area contributed by atoms with Crippen molar-refractivity contribution in [1.29, 1.82) is 0 Å². The van der Waals surface area contributed by atoms with Gasteiger partial charge in [0, 0.05) is 49.5 Å². The number of benzene rings is 10. The largest absolute Gasteiger partial charge is 0.309 e. The van der Waals surface area contributed by atoms with Gasteiger partial charge in [-0.05, 0) is 111 Å². The van der Waals surface area contributed by atoms with E-state index in [1.54, 1.807) is 0 Å². The molecule has 0 amide bonds. The lowest BCUT2D eigenvalue weighted by molar-refractivity contribution is 0.660. The summed E-state index contributed by atoms with van der Waals surface area (Å²) in [6.45, 7) is 4.75. The Morgan fingerprint density at radius 3 is 1.49 bits per heavy atom. The highest BCUT2D eigenvalue weighted by Crippen LogP contribution is 2.52. The minimum atomic E-state index is -0.284. The molecule has 13 aromatic rings. The molecule has 0 atom stereocenters. The van der Waals surface area contributed by atoms with Crippen molar-refractivity contribution in [2.45, 2.75) is 19.3 Å². The van der Waals surface area contributed by atoms with Crippen LogP contribution in [0.25, 0.3) is 121 Å². The number of hydrogen-bond donors (Lipinski definition) is 0. The van der Waals surface area contributed by atoms with Crippen molar-refractivity contribution in [1.82, 2.24) is 19.1 Å².